The first-order valence-electron chi connectivity index (χ1n) is 10.7. The Bertz CT molecular complexity index is 1060. The van der Waals surface area contributed by atoms with Gasteiger partial charge in [0.15, 0.2) is 0 Å². The molecule has 2 aromatic rings. The lowest BCUT2D eigenvalue weighted by molar-refractivity contribution is -0.123. The van der Waals surface area contributed by atoms with Gasteiger partial charge in [0.1, 0.15) is 5.75 Å². The molecule has 1 atom stereocenters. The molecule has 1 amide bonds. The van der Waals surface area contributed by atoms with Crippen molar-refractivity contribution >= 4 is 37.5 Å². The minimum atomic E-state index is -3.58. The second-order valence-electron chi connectivity index (χ2n) is 8.12. The van der Waals surface area contributed by atoms with Crippen molar-refractivity contribution in [3.63, 3.8) is 0 Å². The van der Waals surface area contributed by atoms with Gasteiger partial charge in [-0.15, -0.1) is 0 Å². The van der Waals surface area contributed by atoms with E-state index in [0.29, 0.717) is 38.3 Å². The summed E-state index contributed by atoms with van der Waals surface area (Å²) in [6.45, 7) is 5.18. The largest absolute Gasteiger partial charge is 0.494 e. The number of anilines is 1. The number of benzene rings is 2. The normalized spacial score (nSPS) is 20.0. The Hall–Kier alpha value is -1.90. The van der Waals surface area contributed by atoms with Gasteiger partial charge in [-0.1, -0.05) is 15.9 Å². The Morgan fingerprint density at radius 2 is 1.81 bits per heavy atom. The van der Waals surface area contributed by atoms with Gasteiger partial charge in [-0.25, -0.2) is 8.42 Å². The maximum absolute atomic E-state index is 13.3. The average Bonchev–Trinajstić information content (AvgIpc) is 3.08. The van der Waals surface area contributed by atoms with E-state index in [0.717, 1.165) is 16.6 Å². The van der Waals surface area contributed by atoms with E-state index >= 15 is 0 Å². The molecule has 0 aliphatic carbocycles. The third kappa shape index (κ3) is 4.38. The molecule has 0 saturated carbocycles. The summed E-state index contributed by atoms with van der Waals surface area (Å²) in [6.07, 6.45) is 1.90. The van der Waals surface area contributed by atoms with Gasteiger partial charge >= 0.3 is 0 Å². The van der Waals surface area contributed by atoms with E-state index in [-0.39, 0.29) is 22.8 Å². The van der Waals surface area contributed by atoms with Gasteiger partial charge in [0.25, 0.3) is 0 Å². The fourth-order valence-corrected chi connectivity index (χ4v) is 6.38. The smallest absolute Gasteiger partial charge is 0.243 e. The molecule has 31 heavy (non-hydrogen) atoms. The van der Waals surface area contributed by atoms with Crippen molar-refractivity contribution < 1.29 is 17.9 Å². The molecule has 1 unspecified atom stereocenters. The van der Waals surface area contributed by atoms with E-state index in [1.165, 1.54) is 9.87 Å². The minimum Gasteiger partial charge on any atom is -0.494 e. The highest BCUT2D eigenvalue weighted by atomic mass is 79.9. The Morgan fingerprint density at radius 1 is 1.13 bits per heavy atom. The van der Waals surface area contributed by atoms with Crippen LogP contribution in [-0.4, -0.2) is 44.4 Å². The quantitative estimate of drug-likeness (QED) is 0.608. The SMILES string of the molecule is CCOc1ccc(S(=O)(=O)N2CCC(C(=O)N3c4ccc(Br)cc4CC3C)CC2)cc1. The van der Waals surface area contributed by atoms with Crippen LogP contribution in [0.2, 0.25) is 0 Å². The molecular weight excluding hydrogens is 480 g/mol. The molecule has 2 heterocycles. The van der Waals surface area contributed by atoms with Gasteiger partial charge in [-0.2, -0.15) is 4.31 Å². The summed E-state index contributed by atoms with van der Waals surface area (Å²) in [5, 5.41) is 0. The zero-order valence-electron chi connectivity index (χ0n) is 17.8. The van der Waals surface area contributed by atoms with Crippen LogP contribution in [0.15, 0.2) is 51.8 Å². The van der Waals surface area contributed by atoms with Crippen molar-refractivity contribution in [1.82, 2.24) is 4.31 Å². The third-order valence-electron chi connectivity index (χ3n) is 6.07. The van der Waals surface area contributed by atoms with Crippen molar-refractivity contribution in [2.45, 2.75) is 44.0 Å². The fourth-order valence-electron chi connectivity index (χ4n) is 4.50. The first-order chi connectivity index (χ1) is 14.8. The van der Waals surface area contributed by atoms with E-state index in [9.17, 15) is 13.2 Å². The molecule has 6 nitrogen and oxygen atoms in total. The van der Waals surface area contributed by atoms with Crippen LogP contribution in [0.5, 0.6) is 5.75 Å². The van der Waals surface area contributed by atoms with Crippen molar-refractivity contribution in [2.75, 3.05) is 24.6 Å². The monoisotopic (exact) mass is 506 g/mol. The lowest BCUT2D eigenvalue weighted by atomic mass is 9.96. The van der Waals surface area contributed by atoms with E-state index in [2.05, 4.69) is 28.9 Å². The van der Waals surface area contributed by atoms with Crippen LogP contribution in [0.25, 0.3) is 0 Å². The maximum atomic E-state index is 13.3. The lowest BCUT2D eigenvalue weighted by Gasteiger charge is -2.34. The molecule has 166 valence electrons. The number of halogens is 1. The number of piperidine rings is 1. The topological polar surface area (TPSA) is 66.9 Å². The van der Waals surface area contributed by atoms with Crippen LogP contribution in [-0.2, 0) is 21.2 Å². The summed E-state index contributed by atoms with van der Waals surface area (Å²) in [6, 6.07) is 12.7. The summed E-state index contributed by atoms with van der Waals surface area (Å²) < 4.78 is 33.9. The molecular formula is C23H27BrN2O4S. The van der Waals surface area contributed by atoms with E-state index in [1.54, 1.807) is 24.3 Å². The first kappa shape index (κ1) is 22.3. The molecule has 1 fully saturated rings. The molecule has 0 radical (unpaired) electrons. The fraction of sp³-hybridized carbons (Fsp3) is 0.435. The van der Waals surface area contributed by atoms with Crippen molar-refractivity contribution in [1.29, 1.82) is 0 Å². The van der Waals surface area contributed by atoms with Crippen LogP contribution in [0, 0.1) is 5.92 Å². The number of sulfonamides is 1. The van der Waals surface area contributed by atoms with E-state index in [4.69, 9.17) is 4.74 Å². The highest BCUT2D eigenvalue weighted by molar-refractivity contribution is 9.10. The zero-order chi connectivity index (χ0) is 22.2. The third-order valence-corrected chi connectivity index (χ3v) is 8.48. The number of carbonyl (C=O) groups is 1. The number of hydrogen-bond donors (Lipinski definition) is 0. The minimum absolute atomic E-state index is 0.103. The summed E-state index contributed by atoms with van der Waals surface area (Å²) in [4.78, 5) is 15.5. The van der Waals surface area contributed by atoms with E-state index in [1.807, 2.05) is 24.0 Å². The molecule has 8 heteroatoms. The molecule has 2 aliphatic rings. The summed E-state index contributed by atoms with van der Waals surface area (Å²) in [5.41, 5.74) is 2.15. The average molecular weight is 507 g/mol. The molecule has 0 aromatic heterocycles. The second-order valence-corrected chi connectivity index (χ2v) is 11.0. The molecule has 2 aromatic carbocycles. The summed E-state index contributed by atoms with van der Waals surface area (Å²) in [5.74, 6) is 0.591. The number of carbonyl (C=O) groups excluding carboxylic acids is 1. The zero-order valence-corrected chi connectivity index (χ0v) is 20.2. The number of amides is 1. The highest BCUT2D eigenvalue weighted by Crippen LogP contribution is 2.36. The first-order valence-corrected chi connectivity index (χ1v) is 12.9. The van der Waals surface area contributed by atoms with Crippen molar-refractivity contribution in [3.05, 3.63) is 52.5 Å². The van der Waals surface area contributed by atoms with E-state index < -0.39 is 10.0 Å². The molecule has 0 bridgehead atoms. The maximum Gasteiger partial charge on any atom is 0.243 e. The number of fused-ring (bicyclic) bond motifs is 1. The van der Waals surface area contributed by atoms with Gasteiger partial charge in [0.2, 0.25) is 15.9 Å². The Labute approximate surface area is 192 Å². The predicted molar refractivity (Wildman–Crippen MR) is 124 cm³/mol. The number of ether oxygens (including phenoxy) is 1. The van der Waals surface area contributed by atoms with Gasteiger partial charge in [0, 0.05) is 35.2 Å². The van der Waals surface area contributed by atoms with Gasteiger partial charge in [-0.3, -0.25) is 4.79 Å². The second kappa shape index (κ2) is 8.92. The van der Waals surface area contributed by atoms with Crippen molar-refractivity contribution in [3.8, 4) is 5.75 Å². The number of hydrogen-bond acceptors (Lipinski definition) is 4. The molecule has 4 rings (SSSR count). The van der Waals surface area contributed by atoms with Crippen LogP contribution in [0.3, 0.4) is 0 Å². The van der Waals surface area contributed by atoms with Crippen LogP contribution in [0.1, 0.15) is 32.3 Å². The number of rotatable bonds is 5. The van der Waals surface area contributed by atoms with Gasteiger partial charge < -0.3 is 9.64 Å². The molecule has 2 aliphatic heterocycles. The van der Waals surface area contributed by atoms with Crippen molar-refractivity contribution in [2.24, 2.45) is 5.92 Å². The van der Waals surface area contributed by atoms with Crippen LogP contribution >= 0.6 is 15.9 Å². The van der Waals surface area contributed by atoms with Gasteiger partial charge in [-0.05, 0) is 81.1 Å². The Morgan fingerprint density at radius 3 is 2.45 bits per heavy atom. The Balaban J connectivity index is 1.43. The summed E-state index contributed by atoms with van der Waals surface area (Å²) in [7, 11) is -3.58. The summed E-state index contributed by atoms with van der Waals surface area (Å²) >= 11 is 3.50. The van der Waals surface area contributed by atoms with Crippen LogP contribution in [0.4, 0.5) is 5.69 Å². The Kier molecular flexibility index (Phi) is 6.42. The van der Waals surface area contributed by atoms with Gasteiger partial charge in [0.05, 0.1) is 11.5 Å². The highest BCUT2D eigenvalue weighted by Gasteiger charge is 2.38. The number of nitrogens with zero attached hydrogens (tertiary/aromatic N) is 2. The lowest BCUT2D eigenvalue weighted by Crippen LogP contribution is -2.46. The van der Waals surface area contributed by atoms with Crippen LogP contribution < -0.4 is 9.64 Å². The molecule has 0 spiro atoms. The molecule has 0 N–H and O–H groups in total. The predicted octanol–water partition coefficient (Wildman–Crippen LogP) is 4.23. The standard InChI is InChI=1S/C23H27BrN2O4S/c1-3-30-20-5-7-21(8-6-20)31(28,29)25-12-10-17(11-13-25)23(27)26-16(2)14-18-15-19(24)4-9-22(18)26/h4-9,15-17H,3,10-14H2,1-2H3. The molecule has 1 saturated heterocycles.